The number of amides is 2. The number of halogens is 1. The Hall–Kier alpha value is -4.02. The predicted octanol–water partition coefficient (Wildman–Crippen LogP) is 5.49. The molecule has 10 heteroatoms. The Morgan fingerprint density at radius 1 is 1.18 bits per heavy atom. The van der Waals surface area contributed by atoms with Gasteiger partial charge >= 0.3 is 6.03 Å². The summed E-state index contributed by atoms with van der Waals surface area (Å²) in [5.41, 5.74) is 4.15. The molecule has 6 rings (SSSR count). The average molecular weight is 531 g/mol. The van der Waals surface area contributed by atoms with Crippen molar-refractivity contribution in [3.63, 3.8) is 0 Å². The molecular weight excluding hydrogens is 503 g/mol. The molecule has 8 nitrogen and oxygen atoms in total. The molecule has 194 valence electrons. The number of hydrogen-bond donors (Lipinski definition) is 3. The van der Waals surface area contributed by atoms with Crippen LogP contribution >= 0.6 is 11.3 Å². The van der Waals surface area contributed by atoms with Gasteiger partial charge in [0.05, 0.1) is 20.8 Å². The third-order valence-corrected chi connectivity index (χ3v) is 7.56. The van der Waals surface area contributed by atoms with Crippen LogP contribution in [0.1, 0.15) is 18.4 Å². The number of hydrogen-bond acceptors (Lipinski definition) is 7. The van der Waals surface area contributed by atoms with Crippen LogP contribution in [0.4, 0.5) is 14.9 Å². The van der Waals surface area contributed by atoms with Gasteiger partial charge in [-0.25, -0.2) is 9.18 Å². The van der Waals surface area contributed by atoms with E-state index in [2.05, 4.69) is 43.5 Å². The second-order valence-corrected chi connectivity index (χ2v) is 10.6. The smallest absolute Gasteiger partial charge is 0.319 e. The zero-order valence-corrected chi connectivity index (χ0v) is 21.5. The van der Waals surface area contributed by atoms with Gasteiger partial charge in [0.1, 0.15) is 5.75 Å². The summed E-state index contributed by atoms with van der Waals surface area (Å²) < 4.78 is 21.6. The van der Waals surface area contributed by atoms with Crippen molar-refractivity contribution in [2.75, 3.05) is 25.0 Å². The van der Waals surface area contributed by atoms with Crippen LogP contribution < -0.4 is 20.7 Å². The van der Waals surface area contributed by atoms with Crippen LogP contribution in [0.5, 0.6) is 11.5 Å². The highest BCUT2D eigenvalue weighted by atomic mass is 32.1. The van der Waals surface area contributed by atoms with E-state index in [1.807, 2.05) is 18.3 Å². The molecule has 4 aromatic rings. The second kappa shape index (κ2) is 10.4. The Labute approximate surface area is 223 Å². The fourth-order valence-electron chi connectivity index (χ4n) is 4.33. The molecule has 1 aromatic carbocycles. The van der Waals surface area contributed by atoms with Gasteiger partial charge < -0.3 is 20.7 Å². The van der Waals surface area contributed by atoms with E-state index in [9.17, 15) is 9.18 Å². The number of aromatic nitrogens is 2. The summed E-state index contributed by atoms with van der Waals surface area (Å²) in [6, 6.07) is 12.1. The van der Waals surface area contributed by atoms with Crippen molar-refractivity contribution >= 4 is 33.3 Å². The number of urea groups is 1. The number of carbonyl (C=O) groups excluding carboxylic acids is 1. The fraction of sp³-hybridized carbons (Fsp3) is 0.250. The Balaban J connectivity index is 1.16. The maximum Gasteiger partial charge on any atom is 0.319 e. The van der Waals surface area contributed by atoms with E-state index in [0.717, 1.165) is 71.1 Å². The summed E-state index contributed by atoms with van der Waals surface area (Å²) in [4.78, 5) is 24.4. The van der Waals surface area contributed by atoms with Gasteiger partial charge in [-0.1, -0.05) is 12.6 Å². The maximum atomic E-state index is 14.8. The standard InChI is InChI=1S/C28H27FN6O2S/c1-17-15-35(11-10-30-17)16-18-2-6-22(32-14-18)26-13-23-27(38-26)25(8-9-31-23)37-24-7-5-20(12-21(24)29)34-28(36)33-19-3-4-19/h2,5-9,12-14,19,30H,1,3-4,10-11,15-16H2,(H2,33,34,36). The van der Waals surface area contributed by atoms with Crippen LogP contribution in [0.15, 0.2) is 67.1 Å². The normalized spacial score (nSPS) is 15.8. The number of fused-ring (bicyclic) bond motifs is 1. The highest BCUT2D eigenvalue weighted by Gasteiger charge is 2.23. The molecule has 1 saturated heterocycles. The number of benzene rings is 1. The first kappa shape index (κ1) is 24.3. The molecule has 2 aliphatic rings. The first-order valence-corrected chi connectivity index (χ1v) is 13.3. The number of nitrogens with zero attached hydrogens (tertiary/aromatic N) is 3. The number of thiophene rings is 1. The molecule has 2 amide bonds. The lowest BCUT2D eigenvalue weighted by Gasteiger charge is -2.29. The van der Waals surface area contributed by atoms with E-state index in [1.54, 1.807) is 18.3 Å². The average Bonchev–Trinajstić information content (AvgIpc) is 3.60. The number of nitrogens with one attached hydrogen (secondary N) is 3. The van der Waals surface area contributed by atoms with E-state index in [-0.39, 0.29) is 17.8 Å². The minimum atomic E-state index is -0.568. The highest BCUT2D eigenvalue weighted by Crippen LogP contribution is 2.39. The molecular formula is C28H27FN6O2S. The van der Waals surface area contributed by atoms with Crippen molar-refractivity contribution in [2.24, 2.45) is 0 Å². The number of ether oxygens (including phenoxy) is 1. The van der Waals surface area contributed by atoms with Gasteiger partial charge in [-0.2, -0.15) is 0 Å². The quantitative estimate of drug-likeness (QED) is 0.293. The molecule has 1 aliphatic heterocycles. The third-order valence-electron chi connectivity index (χ3n) is 6.40. The third kappa shape index (κ3) is 5.61. The van der Waals surface area contributed by atoms with Gasteiger partial charge in [0, 0.05) is 68.1 Å². The zero-order valence-electron chi connectivity index (χ0n) is 20.7. The summed E-state index contributed by atoms with van der Waals surface area (Å²) in [7, 11) is 0. The minimum absolute atomic E-state index is 0.0682. The van der Waals surface area contributed by atoms with Crippen molar-refractivity contribution in [3.05, 3.63) is 78.5 Å². The number of rotatable bonds is 7. The SMILES string of the molecule is C=C1CN(Cc2ccc(-c3cc4nccc(Oc5ccc(NC(=O)NC6CC6)cc5F)c4s3)nc2)CCN1. The molecule has 1 saturated carbocycles. The number of pyridine rings is 2. The van der Waals surface area contributed by atoms with Crippen LogP contribution in [0.25, 0.3) is 20.8 Å². The van der Waals surface area contributed by atoms with Crippen molar-refractivity contribution < 1.29 is 13.9 Å². The fourth-order valence-corrected chi connectivity index (χ4v) is 5.38. The highest BCUT2D eigenvalue weighted by molar-refractivity contribution is 7.22. The first-order valence-electron chi connectivity index (χ1n) is 12.5. The van der Waals surface area contributed by atoms with Gasteiger partial charge in [-0.3, -0.25) is 14.9 Å². The van der Waals surface area contributed by atoms with Crippen molar-refractivity contribution in [1.29, 1.82) is 0 Å². The zero-order chi connectivity index (χ0) is 26.1. The Bertz CT molecular complexity index is 1500. The molecule has 0 bridgehead atoms. The van der Waals surface area contributed by atoms with Gasteiger partial charge in [-0.05, 0) is 42.7 Å². The molecule has 1 aliphatic carbocycles. The molecule has 3 aromatic heterocycles. The summed E-state index contributed by atoms with van der Waals surface area (Å²) in [6.07, 6.45) is 5.51. The van der Waals surface area contributed by atoms with Gasteiger partial charge in [0.15, 0.2) is 11.6 Å². The molecule has 3 N–H and O–H groups in total. The van der Waals surface area contributed by atoms with Crippen LogP contribution in [0, 0.1) is 5.82 Å². The Morgan fingerprint density at radius 2 is 2.08 bits per heavy atom. The number of anilines is 1. The minimum Gasteiger partial charge on any atom is -0.453 e. The van der Waals surface area contributed by atoms with Crippen molar-refractivity contribution in [3.8, 4) is 22.1 Å². The van der Waals surface area contributed by atoms with E-state index in [1.165, 1.54) is 23.5 Å². The van der Waals surface area contributed by atoms with E-state index < -0.39 is 5.82 Å². The van der Waals surface area contributed by atoms with E-state index >= 15 is 0 Å². The van der Waals surface area contributed by atoms with Crippen LogP contribution in [-0.4, -0.2) is 46.6 Å². The number of piperazine rings is 1. The molecule has 2 fully saturated rings. The monoisotopic (exact) mass is 530 g/mol. The molecule has 4 heterocycles. The molecule has 0 unspecified atom stereocenters. The number of carbonyl (C=O) groups is 1. The predicted molar refractivity (Wildman–Crippen MR) is 147 cm³/mol. The van der Waals surface area contributed by atoms with Gasteiger partial charge in [0.2, 0.25) is 0 Å². The van der Waals surface area contributed by atoms with Crippen LogP contribution in [0.3, 0.4) is 0 Å². The van der Waals surface area contributed by atoms with Crippen LogP contribution in [0.2, 0.25) is 0 Å². The topological polar surface area (TPSA) is 91.4 Å². The van der Waals surface area contributed by atoms with Crippen molar-refractivity contribution in [2.45, 2.75) is 25.4 Å². The van der Waals surface area contributed by atoms with Gasteiger partial charge in [-0.15, -0.1) is 11.3 Å². The van der Waals surface area contributed by atoms with Crippen molar-refractivity contribution in [1.82, 2.24) is 25.5 Å². The lowest BCUT2D eigenvalue weighted by atomic mass is 10.2. The Morgan fingerprint density at radius 3 is 2.84 bits per heavy atom. The first-order chi connectivity index (χ1) is 18.5. The molecule has 0 radical (unpaired) electrons. The van der Waals surface area contributed by atoms with E-state index in [4.69, 9.17) is 4.74 Å². The second-order valence-electron chi connectivity index (χ2n) is 9.55. The van der Waals surface area contributed by atoms with Crippen LogP contribution in [-0.2, 0) is 6.54 Å². The summed E-state index contributed by atoms with van der Waals surface area (Å²) in [5, 5.41) is 8.74. The lowest BCUT2D eigenvalue weighted by Crippen LogP contribution is -2.41. The maximum absolute atomic E-state index is 14.8. The Kier molecular flexibility index (Phi) is 6.65. The molecule has 38 heavy (non-hydrogen) atoms. The summed E-state index contributed by atoms with van der Waals surface area (Å²) >= 11 is 1.50. The molecule has 0 spiro atoms. The summed E-state index contributed by atoms with van der Waals surface area (Å²) in [6.45, 7) is 7.56. The van der Waals surface area contributed by atoms with E-state index in [0.29, 0.717) is 11.4 Å². The van der Waals surface area contributed by atoms with Gasteiger partial charge in [0.25, 0.3) is 0 Å². The molecule has 0 atom stereocenters. The largest absolute Gasteiger partial charge is 0.453 e. The lowest BCUT2D eigenvalue weighted by molar-refractivity contribution is 0.251. The summed E-state index contributed by atoms with van der Waals surface area (Å²) in [5.74, 6) is 0.00727.